The number of fused-ring (bicyclic) bond motifs is 1. The van der Waals surface area contributed by atoms with Crippen LogP contribution < -0.4 is 16.0 Å². The van der Waals surface area contributed by atoms with Crippen LogP contribution in [0.3, 0.4) is 0 Å². The van der Waals surface area contributed by atoms with Crippen LogP contribution in [0.1, 0.15) is 39.0 Å². The lowest BCUT2D eigenvalue weighted by Gasteiger charge is -2.29. The van der Waals surface area contributed by atoms with E-state index in [0.29, 0.717) is 36.3 Å². The number of anilines is 2. The van der Waals surface area contributed by atoms with Crippen LogP contribution in [0.2, 0.25) is 0 Å². The van der Waals surface area contributed by atoms with E-state index < -0.39 is 12.0 Å². The molecule has 0 fully saturated rings. The number of benzene rings is 4. The van der Waals surface area contributed by atoms with E-state index in [0.717, 1.165) is 22.4 Å². The molecule has 1 unspecified atom stereocenters. The van der Waals surface area contributed by atoms with Gasteiger partial charge >= 0.3 is 5.97 Å². The summed E-state index contributed by atoms with van der Waals surface area (Å²) in [6.45, 7) is 0.918. The Labute approximate surface area is 256 Å². The van der Waals surface area contributed by atoms with Gasteiger partial charge < -0.3 is 25.6 Å². The standard InChI is InChI=1S/C35H35N5O4/c1-39-30-17-16-29(38-34(42)27-14-12-26(13-15-27)33(36)37)20-28(30)22-40(19-18-24-8-4-2-5-9-24)35(43)31(39)21-32(41)44-23-25-10-6-3-7-11-25/h2-17,20,31H,18-19,21-23H2,1H3,(H3,36,37)(H,38,42). The number of ether oxygens (including phenoxy) is 1. The van der Waals surface area contributed by atoms with Crippen LogP contribution in [-0.2, 0) is 33.9 Å². The molecular formula is C35H35N5O4. The monoisotopic (exact) mass is 589 g/mol. The highest BCUT2D eigenvalue weighted by atomic mass is 16.5. The minimum absolute atomic E-state index is 0.0686. The van der Waals surface area contributed by atoms with Crippen LogP contribution in [0.5, 0.6) is 0 Å². The van der Waals surface area contributed by atoms with Crippen LogP contribution in [0.15, 0.2) is 103 Å². The number of amides is 2. The molecule has 1 heterocycles. The van der Waals surface area contributed by atoms with E-state index in [-0.39, 0.29) is 30.7 Å². The molecule has 4 aromatic carbocycles. The maximum atomic E-state index is 14.0. The van der Waals surface area contributed by atoms with E-state index in [1.165, 1.54) is 0 Å². The number of nitrogens with one attached hydrogen (secondary N) is 2. The highest BCUT2D eigenvalue weighted by Gasteiger charge is 2.35. The summed E-state index contributed by atoms with van der Waals surface area (Å²) in [4.78, 5) is 43.5. The zero-order valence-electron chi connectivity index (χ0n) is 24.5. The lowest BCUT2D eigenvalue weighted by atomic mass is 10.1. The van der Waals surface area contributed by atoms with Crippen molar-refractivity contribution < 1.29 is 19.1 Å². The molecule has 1 aliphatic heterocycles. The van der Waals surface area contributed by atoms with Gasteiger partial charge in [-0.3, -0.25) is 19.8 Å². The molecule has 4 N–H and O–H groups in total. The smallest absolute Gasteiger partial charge is 0.308 e. The number of carbonyl (C=O) groups is 3. The maximum Gasteiger partial charge on any atom is 0.308 e. The molecule has 0 aromatic heterocycles. The van der Waals surface area contributed by atoms with Crippen molar-refractivity contribution in [3.05, 3.63) is 131 Å². The third-order valence-electron chi connectivity index (χ3n) is 7.72. The predicted molar refractivity (Wildman–Crippen MR) is 170 cm³/mol. The van der Waals surface area contributed by atoms with Crippen molar-refractivity contribution in [2.45, 2.75) is 32.0 Å². The molecule has 0 spiro atoms. The van der Waals surface area contributed by atoms with Crippen LogP contribution in [0, 0.1) is 5.41 Å². The molecule has 9 nitrogen and oxygen atoms in total. The average molecular weight is 590 g/mol. The van der Waals surface area contributed by atoms with Gasteiger partial charge in [0.2, 0.25) is 5.91 Å². The van der Waals surface area contributed by atoms with Gasteiger partial charge in [-0.2, -0.15) is 0 Å². The highest BCUT2D eigenvalue weighted by molar-refractivity contribution is 6.05. The summed E-state index contributed by atoms with van der Waals surface area (Å²) in [5, 5.41) is 10.5. The van der Waals surface area contributed by atoms with Crippen molar-refractivity contribution in [2.24, 2.45) is 5.73 Å². The van der Waals surface area contributed by atoms with E-state index in [4.69, 9.17) is 15.9 Å². The van der Waals surface area contributed by atoms with E-state index in [2.05, 4.69) is 5.32 Å². The number of nitrogens with two attached hydrogens (primary N) is 1. The van der Waals surface area contributed by atoms with Gasteiger partial charge in [0.1, 0.15) is 18.5 Å². The van der Waals surface area contributed by atoms with Crippen molar-refractivity contribution in [3.8, 4) is 0 Å². The fourth-order valence-electron chi connectivity index (χ4n) is 5.24. The van der Waals surface area contributed by atoms with E-state index >= 15 is 0 Å². The predicted octanol–water partition coefficient (Wildman–Crippen LogP) is 4.75. The maximum absolute atomic E-state index is 14.0. The number of nitrogens with zero attached hydrogens (tertiary/aromatic N) is 2. The summed E-state index contributed by atoms with van der Waals surface area (Å²) in [5.74, 6) is -0.989. The van der Waals surface area contributed by atoms with Crippen molar-refractivity contribution in [1.29, 1.82) is 5.41 Å². The van der Waals surface area contributed by atoms with Crippen LogP contribution >= 0.6 is 0 Å². The van der Waals surface area contributed by atoms with E-state index in [9.17, 15) is 14.4 Å². The van der Waals surface area contributed by atoms with Gasteiger partial charge in [0.05, 0.1) is 6.42 Å². The number of hydrogen-bond donors (Lipinski definition) is 3. The number of rotatable bonds is 10. The number of carbonyl (C=O) groups excluding carboxylic acids is 3. The number of hydrogen-bond acceptors (Lipinski definition) is 6. The van der Waals surface area contributed by atoms with Gasteiger partial charge in [0.25, 0.3) is 5.91 Å². The number of amidine groups is 1. The molecule has 5 rings (SSSR count). The highest BCUT2D eigenvalue weighted by Crippen LogP contribution is 2.31. The third-order valence-corrected chi connectivity index (χ3v) is 7.72. The molecule has 1 aliphatic rings. The first-order valence-corrected chi connectivity index (χ1v) is 14.4. The molecule has 4 aromatic rings. The minimum atomic E-state index is -0.754. The first-order valence-electron chi connectivity index (χ1n) is 14.4. The lowest BCUT2D eigenvalue weighted by molar-refractivity contribution is -0.148. The van der Waals surface area contributed by atoms with Crippen molar-refractivity contribution in [2.75, 3.05) is 23.8 Å². The molecule has 9 heteroatoms. The Kier molecular flexibility index (Phi) is 9.34. The number of nitrogen functional groups attached to an aromatic ring is 1. The molecular weight excluding hydrogens is 554 g/mol. The minimum Gasteiger partial charge on any atom is -0.461 e. The van der Waals surface area contributed by atoms with Crippen molar-refractivity contribution in [1.82, 2.24) is 4.90 Å². The van der Waals surface area contributed by atoms with Crippen LogP contribution in [0.25, 0.3) is 0 Å². The first kappa shape index (κ1) is 30.0. The van der Waals surface area contributed by atoms with Gasteiger partial charge in [-0.25, -0.2) is 0 Å². The molecule has 0 radical (unpaired) electrons. The Morgan fingerprint density at radius 1 is 0.909 bits per heavy atom. The summed E-state index contributed by atoms with van der Waals surface area (Å²) < 4.78 is 5.54. The van der Waals surface area contributed by atoms with Gasteiger partial charge in [-0.1, -0.05) is 72.8 Å². The van der Waals surface area contributed by atoms with Gasteiger partial charge in [-0.05, 0) is 53.4 Å². The summed E-state index contributed by atoms with van der Waals surface area (Å²) in [6, 6.07) is 30.6. The van der Waals surface area contributed by atoms with Crippen LogP contribution in [-0.4, -0.2) is 48.2 Å². The van der Waals surface area contributed by atoms with Gasteiger partial charge in [0, 0.05) is 42.6 Å². The van der Waals surface area contributed by atoms with Gasteiger partial charge in [0.15, 0.2) is 0 Å². The molecule has 0 saturated heterocycles. The topological polar surface area (TPSA) is 129 Å². The molecule has 0 aliphatic carbocycles. The Bertz CT molecular complexity index is 1640. The summed E-state index contributed by atoms with van der Waals surface area (Å²) in [6.07, 6.45) is 0.557. The zero-order valence-corrected chi connectivity index (χ0v) is 24.5. The first-order chi connectivity index (χ1) is 21.3. The summed E-state index contributed by atoms with van der Waals surface area (Å²) >= 11 is 0. The second-order valence-electron chi connectivity index (χ2n) is 10.8. The molecule has 224 valence electrons. The zero-order chi connectivity index (χ0) is 31.1. The van der Waals surface area contributed by atoms with E-state index in [1.807, 2.05) is 77.7 Å². The van der Waals surface area contributed by atoms with E-state index in [1.54, 1.807) is 42.3 Å². The normalized spacial score (nSPS) is 14.4. The van der Waals surface area contributed by atoms with Crippen molar-refractivity contribution >= 4 is 35.0 Å². The molecule has 1 atom stereocenters. The third kappa shape index (κ3) is 7.30. The summed E-state index contributed by atoms with van der Waals surface area (Å²) in [7, 11) is 1.81. The number of esters is 1. The fourth-order valence-corrected chi connectivity index (χ4v) is 5.24. The lowest BCUT2D eigenvalue weighted by Crippen LogP contribution is -2.46. The second kappa shape index (κ2) is 13.7. The number of likely N-dealkylation sites (N-methyl/N-ethyl adjacent to an activating group) is 1. The Morgan fingerprint density at radius 3 is 2.20 bits per heavy atom. The largest absolute Gasteiger partial charge is 0.461 e. The fraction of sp³-hybridized carbons (Fsp3) is 0.200. The summed E-state index contributed by atoms with van der Waals surface area (Å²) in [5.41, 5.74) is 10.7. The Hall–Kier alpha value is -5.44. The quantitative estimate of drug-likeness (QED) is 0.139. The molecule has 2 amide bonds. The average Bonchev–Trinajstić information content (AvgIpc) is 3.13. The molecule has 0 saturated carbocycles. The molecule has 0 bridgehead atoms. The van der Waals surface area contributed by atoms with Crippen molar-refractivity contribution in [3.63, 3.8) is 0 Å². The van der Waals surface area contributed by atoms with Gasteiger partial charge in [-0.15, -0.1) is 0 Å². The van der Waals surface area contributed by atoms with Crippen LogP contribution in [0.4, 0.5) is 11.4 Å². The SMILES string of the molecule is CN1c2ccc(NC(=O)c3ccc(C(=N)N)cc3)cc2CN(CCc2ccccc2)C(=O)C1CC(=O)OCc1ccccc1. The Balaban J connectivity index is 1.37. The second-order valence-corrected chi connectivity index (χ2v) is 10.8. The molecule has 44 heavy (non-hydrogen) atoms. The Morgan fingerprint density at radius 2 is 1.55 bits per heavy atom.